The summed E-state index contributed by atoms with van der Waals surface area (Å²) in [5.74, 6) is 1.95. The van der Waals surface area contributed by atoms with Crippen LogP contribution in [0.25, 0.3) is 17.8 Å². The summed E-state index contributed by atoms with van der Waals surface area (Å²) >= 11 is 0. The zero-order chi connectivity index (χ0) is 22.1. The lowest BCUT2D eigenvalue weighted by atomic mass is 9.91. The molecule has 4 heterocycles. The number of aryl methyl sites for hydroxylation is 2. The third-order valence-corrected chi connectivity index (χ3v) is 5.61. The molecule has 1 aliphatic rings. The Morgan fingerprint density at radius 2 is 1.94 bits per heavy atom. The molecule has 5 rings (SSSR count). The molecular formula is C24H23FN6O. The predicted octanol–water partition coefficient (Wildman–Crippen LogP) is 4.41. The van der Waals surface area contributed by atoms with E-state index in [9.17, 15) is 4.39 Å². The van der Waals surface area contributed by atoms with Gasteiger partial charge in [-0.1, -0.05) is 12.1 Å². The van der Waals surface area contributed by atoms with Gasteiger partial charge in [-0.05, 0) is 61.7 Å². The van der Waals surface area contributed by atoms with Gasteiger partial charge in [0.1, 0.15) is 17.3 Å². The summed E-state index contributed by atoms with van der Waals surface area (Å²) < 4.78 is 22.7. The SMILES string of the molecule is COc1nc(C=Cc2nc3n(n2)CCC[C@@H]3c2ccc(F)cc2)ccc1-n1cnc(C)c1. The highest BCUT2D eigenvalue weighted by molar-refractivity contribution is 5.65. The zero-order valence-electron chi connectivity index (χ0n) is 17.9. The number of methoxy groups -OCH3 is 1. The second kappa shape index (κ2) is 8.37. The van der Waals surface area contributed by atoms with Gasteiger partial charge in [0.05, 0.1) is 24.8 Å². The molecule has 0 aliphatic carbocycles. The fraction of sp³-hybridized carbons (Fsp3) is 0.250. The minimum absolute atomic E-state index is 0.120. The maximum absolute atomic E-state index is 13.3. The van der Waals surface area contributed by atoms with E-state index in [4.69, 9.17) is 9.72 Å². The Bertz CT molecular complexity index is 1270. The van der Waals surface area contributed by atoms with Crippen molar-refractivity contribution in [1.29, 1.82) is 0 Å². The first-order valence-corrected chi connectivity index (χ1v) is 10.5. The molecule has 3 aromatic heterocycles. The number of benzene rings is 1. The van der Waals surface area contributed by atoms with Gasteiger partial charge < -0.3 is 9.30 Å². The van der Waals surface area contributed by atoms with Gasteiger partial charge in [0, 0.05) is 18.7 Å². The molecule has 0 saturated heterocycles. The fourth-order valence-corrected chi connectivity index (χ4v) is 4.05. The first kappa shape index (κ1) is 20.1. The molecule has 0 radical (unpaired) electrons. The normalized spacial score (nSPS) is 15.8. The summed E-state index contributed by atoms with van der Waals surface area (Å²) in [6, 6.07) is 10.5. The van der Waals surface area contributed by atoms with Crippen LogP contribution in [0.15, 0.2) is 48.9 Å². The Balaban J connectivity index is 1.40. The number of fused-ring (bicyclic) bond motifs is 1. The van der Waals surface area contributed by atoms with Gasteiger partial charge in [0.15, 0.2) is 5.82 Å². The average Bonchev–Trinajstić information content (AvgIpc) is 3.43. The molecule has 0 spiro atoms. The monoisotopic (exact) mass is 430 g/mol. The molecular weight excluding hydrogens is 407 g/mol. The Morgan fingerprint density at radius 1 is 1.09 bits per heavy atom. The number of hydrogen-bond donors (Lipinski definition) is 0. The molecule has 32 heavy (non-hydrogen) atoms. The van der Waals surface area contributed by atoms with Gasteiger partial charge in [0.25, 0.3) is 0 Å². The highest BCUT2D eigenvalue weighted by atomic mass is 19.1. The maximum atomic E-state index is 13.3. The molecule has 1 aromatic carbocycles. The standard InChI is InChI=1S/C24H23FN6O/c1-16-14-30(15-26-16)21-11-9-19(27-24(21)32-2)10-12-22-28-23-20(4-3-13-31(23)29-22)17-5-7-18(25)8-6-17/h5-12,14-15,20H,3-4,13H2,1-2H3/t20-/m1/s1. The summed E-state index contributed by atoms with van der Waals surface area (Å²) in [5, 5.41) is 4.64. The van der Waals surface area contributed by atoms with E-state index < -0.39 is 0 Å². The zero-order valence-corrected chi connectivity index (χ0v) is 17.9. The number of nitrogens with zero attached hydrogens (tertiary/aromatic N) is 6. The van der Waals surface area contributed by atoms with E-state index in [1.807, 2.05) is 58.8 Å². The minimum atomic E-state index is -0.230. The lowest BCUT2D eigenvalue weighted by Crippen LogP contribution is -2.17. The largest absolute Gasteiger partial charge is 0.479 e. The summed E-state index contributed by atoms with van der Waals surface area (Å²) in [4.78, 5) is 13.6. The summed E-state index contributed by atoms with van der Waals surface area (Å²) in [6.07, 6.45) is 9.38. The molecule has 8 heteroatoms. The van der Waals surface area contributed by atoms with E-state index in [-0.39, 0.29) is 11.7 Å². The molecule has 0 saturated carbocycles. The Kier molecular flexibility index (Phi) is 5.26. The predicted molar refractivity (Wildman–Crippen MR) is 119 cm³/mol. The van der Waals surface area contributed by atoms with E-state index in [1.165, 1.54) is 12.1 Å². The van der Waals surface area contributed by atoms with E-state index in [1.54, 1.807) is 13.4 Å². The first-order chi connectivity index (χ1) is 15.6. The van der Waals surface area contributed by atoms with Crippen LogP contribution < -0.4 is 4.74 Å². The van der Waals surface area contributed by atoms with Crippen LogP contribution in [0.5, 0.6) is 5.88 Å². The van der Waals surface area contributed by atoms with Crippen molar-refractivity contribution in [1.82, 2.24) is 29.3 Å². The van der Waals surface area contributed by atoms with Gasteiger partial charge in [-0.15, -0.1) is 0 Å². The van der Waals surface area contributed by atoms with Crippen LogP contribution in [-0.2, 0) is 6.54 Å². The van der Waals surface area contributed by atoms with Crippen molar-refractivity contribution in [3.63, 3.8) is 0 Å². The number of rotatable bonds is 5. The number of pyridine rings is 1. The van der Waals surface area contributed by atoms with Crippen molar-refractivity contribution >= 4 is 12.2 Å². The topological polar surface area (TPSA) is 70.7 Å². The number of ether oxygens (including phenoxy) is 1. The highest BCUT2D eigenvalue weighted by Gasteiger charge is 2.25. The third-order valence-electron chi connectivity index (χ3n) is 5.61. The highest BCUT2D eigenvalue weighted by Crippen LogP contribution is 2.32. The van der Waals surface area contributed by atoms with Crippen molar-refractivity contribution in [2.45, 2.75) is 32.2 Å². The van der Waals surface area contributed by atoms with Gasteiger partial charge in [-0.2, -0.15) is 5.10 Å². The summed E-state index contributed by atoms with van der Waals surface area (Å²) in [7, 11) is 1.60. The van der Waals surface area contributed by atoms with Crippen LogP contribution in [0.1, 0.15) is 47.4 Å². The Labute approximate surface area is 185 Å². The second-order valence-electron chi connectivity index (χ2n) is 7.82. The van der Waals surface area contributed by atoms with E-state index in [2.05, 4.69) is 15.1 Å². The van der Waals surface area contributed by atoms with Crippen molar-refractivity contribution in [3.8, 4) is 11.6 Å². The molecule has 0 fully saturated rings. The number of halogens is 1. The molecule has 0 N–H and O–H groups in total. The molecule has 7 nitrogen and oxygen atoms in total. The molecule has 162 valence electrons. The first-order valence-electron chi connectivity index (χ1n) is 10.5. The quantitative estimate of drug-likeness (QED) is 0.469. The van der Waals surface area contributed by atoms with Gasteiger partial charge in [0.2, 0.25) is 5.88 Å². The van der Waals surface area contributed by atoms with Crippen molar-refractivity contribution in [3.05, 3.63) is 83.3 Å². The molecule has 1 aliphatic heterocycles. The minimum Gasteiger partial charge on any atom is -0.479 e. The average molecular weight is 430 g/mol. The summed E-state index contributed by atoms with van der Waals surface area (Å²) in [6.45, 7) is 2.77. The van der Waals surface area contributed by atoms with Gasteiger partial charge in [-0.3, -0.25) is 0 Å². The molecule has 4 aromatic rings. The van der Waals surface area contributed by atoms with Crippen molar-refractivity contribution in [2.75, 3.05) is 7.11 Å². The van der Waals surface area contributed by atoms with E-state index in [0.29, 0.717) is 11.7 Å². The van der Waals surface area contributed by atoms with Crippen molar-refractivity contribution < 1.29 is 9.13 Å². The number of hydrogen-bond acceptors (Lipinski definition) is 5. The van der Waals surface area contributed by atoms with E-state index in [0.717, 1.165) is 47.8 Å². The number of imidazole rings is 1. The Morgan fingerprint density at radius 3 is 2.69 bits per heavy atom. The van der Waals surface area contributed by atoms with Crippen LogP contribution in [0.4, 0.5) is 4.39 Å². The van der Waals surface area contributed by atoms with Crippen LogP contribution >= 0.6 is 0 Å². The molecule has 0 bridgehead atoms. The van der Waals surface area contributed by atoms with Crippen LogP contribution in [0.2, 0.25) is 0 Å². The van der Waals surface area contributed by atoms with Gasteiger partial charge >= 0.3 is 0 Å². The smallest absolute Gasteiger partial charge is 0.238 e. The second-order valence-corrected chi connectivity index (χ2v) is 7.82. The van der Waals surface area contributed by atoms with E-state index >= 15 is 0 Å². The Hall–Kier alpha value is -3.81. The lowest BCUT2D eigenvalue weighted by Gasteiger charge is -2.22. The number of aromatic nitrogens is 6. The summed E-state index contributed by atoms with van der Waals surface area (Å²) in [5.41, 5.74) is 3.55. The van der Waals surface area contributed by atoms with Crippen LogP contribution in [-0.4, -0.2) is 36.4 Å². The van der Waals surface area contributed by atoms with Crippen molar-refractivity contribution in [2.24, 2.45) is 0 Å². The fourth-order valence-electron chi connectivity index (χ4n) is 4.05. The molecule has 0 amide bonds. The lowest BCUT2D eigenvalue weighted by molar-refractivity contribution is 0.395. The molecule has 1 atom stereocenters. The third kappa shape index (κ3) is 3.91. The van der Waals surface area contributed by atoms with Crippen LogP contribution in [0.3, 0.4) is 0 Å². The van der Waals surface area contributed by atoms with Gasteiger partial charge in [-0.25, -0.2) is 24.0 Å². The maximum Gasteiger partial charge on any atom is 0.238 e. The van der Waals surface area contributed by atoms with Crippen LogP contribution in [0, 0.1) is 12.7 Å². The molecule has 0 unspecified atom stereocenters.